The number of rotatable bonds is 5. The number of carbonyl (C=O) groups is 1. The second kappa shape index (κ2) is 7.55. The zero-order valence-corrected chi connectivity index (χ0v) is 13.7. The average Bonchev–Trinajstić information content (AvgIpc) is 2.63. The third-order valence-electron chi connectivity index (χ3n) is 4.37. The molecular weight excluding hydrogens is 308 g/mol. The lowest BCUT2D eigenvalue weighted by Gasteiger charge is -2.32. The van der Waals surface area contributed by atoms with Crippen molar-refractivity contribution in [3.8, 4) is 0 Å². The minimum absolute atomic E-state index is 0.0974. The van der Waals surface area contributed by atoms with Gasteiger partial charge in [0.05, 0.1) is 30.7 Å². The van der Waals surface area contributed by atoms with Crippen LogP contribution in [0.15, 0.2) is 29.1 Å². The molecule has 1 aliphatic heterocycles. The van der Waals surface area contributed by atoms with Gasteiger partial charge in [-0.1, -0.05) is 18.2 Å². The lowest BCUT2D eigenvalue weighted by molar-refractivity contribution is -0.120. The molecule has 0 radical (unpaired) electrons. The summed E-state index contributed by atoms with van der Waals surface area (Å²) >= 11 is 0. The molecule has 1 aromatic heterocycles. The van der Waals surface area contributed by atoms with Gasteiger partial charge in [0.2, 0.25) is 5.91 Å². The van der Waals surface area contributed by atoms with Crippen LogP contribution in [0.2, 0.25) is 0 Å². The van der Waals surface area contributed by atoms with Crippen LogP contribution < -0.4 is 10.9 Å². The van der Waals surface area contributed by atoms with Gasteiger partial charge in [-0.05, 0) is 13.0 Å². The fourth-order valence-corrected chi connectivity index (χ4v) is 2.93. The Labute approximate surface area is 140 Å². The molecule has 7 heteroatoms. The van der Waals surface area contributed by atoms with Crippen molar-refractivity contribution >= 4 is 16.7 Å². The number of benzene rings is 1. The van der Waals surface area contributed by atoms with Crippen LogP contribution in [0.1, 0.15) is 12.6 Å². The van der Waals surface area contributed by atoms with Gasteiger partial charge in [0, 0.05) is 31.1 Å². The fourth-order valence-electron chi connectivity index (χ4n) is 2.93. The minimum Gasteiger partial charge on any atom is -0.379 e. The molecule has 0 spiro atoms. The van der Waals surface area contributed by atoms with E-state index in [-0.39, 0.29) is 23.9 Å². The largest absolute Gasteiger partial charge is 0.379 e. The van der Waals surface area contributed by atoms with E-state index in [1.807, 2.05) is 12.1 Å². The summed E-state index contributed by atoms with van der Waals surface area (Å²) in [6.45, 7) is 5.95. The Kier molecular flexibility index (Phi) is 5.22. The van der Waals surface area contributed by atoms with E-state index in [4.69, 9.17) is 4.74 Å². The molecule has 3 rings (SSSR count). The summed E-state index contributed by atoms with van der Waals surface area (Å²) in [6.07, 6.45) is 0.146. The summed E-state index contributed by atoms with van der Waals surface area (Å²) in [4.78, 5) is 26.3. The molecule has 0 unspecified atom stereocenters. The summed E-state index contributed by atoms with van der Waals surface area (Å²) in [7, 11) is 0. The predicted octanol–water partition coefficient (Wildman–Crippen LogP) is 0.303. The molecule has 2 heterocycles. The highest BCUT2D eigenvalue weighted by Crippen LogP contribution is 2.12. The Morgan fingerprint density at radius 1 is 1.33 bits per heavy atom. The van der Waals surface area contributed by atoms with Gasteiger partial charge < -0.3 is 10.1 Å². The first kappa shape index (κ1) is 16.6. The standard InChI is InChI=1S/C17H22N4O3/c1-12(21-6-8-24-9-7-21)11-18-16(22)10-15-13-4-2-3-5-14(13)17(23)20-19-15/h2-5,12H,6-11H2,1H3,(H,18,22)(H,20,23)/t12-/m0/s1. The van der Waals surface area contributed by atoms with Crippen molar-refractivity contribution in [2.45, 2.75) is 19.4 Å². The van der Waals surface area contributed by atoms with E-state index < -0.39 is 0 Å². The normalized spacial score (nSPS) is 16.9. The number of hydrogen-bond donors (Lipinski definition) is 2. The molecule has 2 N–H and O–H groups in total. The van der Waals surface area contributed by atoms with E-state index in [1.165, 1.54) is 0 Å². The molecule has 1 atom stereocenters. The van der Waals surface area contributed by atoms with E-state index in [2.05, 4.69) is 27.3 Å². The average molecular weight is 330 g/mol. The van der Waals surface area contributed by atoms with Crippen LogP contribution in [0.4, 0.5) is 0 Å². The molecule has 0 bridgehead atoms. The van der Waals surface area contributed by atoms with Crippen molar-refractivity contribution in [1.82, 2.24) is 20.4 Å². The first-order chi connectivity index (χ1) is 11.6. The van der Waals surface area contributed by atoms with E-state index in [0.717, 1.165) is 31.7 Å². The molecule has 1 aliphatic rings. The minimum atomic E-state index is -0.240. The summed E-state index contributed by atoms with van der Waals surface area (Å²) in [5.74, 6) is -0.0974. The highest BCUT2D eigenvalue weighted by Gasteiger charge is 2.18. The first-order valence-electron chi connectivity index (χ1n) is 8.20. The lowest BCUT2D eigenvalue weighted by atomic mass is 10.1. The molecule has 1 amide bonds. The molecule has 24 heavy (non-hydrogen) atoms. The number of fused-ring (bicyclic) bond motifs is 1. The lowest BCUT2D eigenvalue weighted by Crippen LogP contribution is -2.47. The third-order valence-corrected chi connectivity index (χ3v) is 4.37. The monoisotopic (exact) mass is 330 g/mol. The van der Waals surface area contributed by atoms with Crippen LogP contribution in [0.3, 0.4) is 0 Å². The summed E-state index contributed by atoms with van der Waals surface area (Å²) in [5, 5.41) is 10.7. The highest BCUT2D eigenvalue weighted by molar-refractivity contribution is 5.88. The molecule has 7 nitrogen and oxygen atoms in total. The number of amides is 1. The van der Waals surface area contributed by atoms with Gasteiger partial charge in [0.25, 0.3) is 5.56 Å². The number of hydrogen-bond acceptors (Lipinski definition) is 5. The van der Waals surface area contributed by atoms with Gasteiger partial charge in [-0.3, -0.25) is 14.5 Å². The Morgan fingerprint density at radius 3 is 2.79 bits per heavy atom. The maximum Gasteiger partial charge on any atom is 0.272 e. The maximum absolute atomic E-state index is 12.2. The van der Waals surface area contributed by atoms with Crippen LogP contribution in [-0.4, -0.2) is 59.9 Å². The molecule has 1 fully saturated rings. The Hall–Kier alpha value is -2.25. The number of carbonyl (C=O) groups excluding carboxylic acids is 1. The first-order valence-corrected chi connectivity index (χ1v) is 8.20. The van der Waals surface area contributed by atoms with Crippen LogP contribution in [0, 0.1) is 0 Å². The third kappa shape index (κ3) is 3.80. The van der Waals surface area contributed by atoms with Crippen molar-refractivity contribution in [3.05, 3.63) is 40.3 Å². The topological polar surface area (TPSA) is 87.3 Å². The van der Waals surface area contributed by atoms with Crippen molar-refractivity contribution in [3.63, 3.8) is 0 Å². The van der Waals surface area contributed by atoms with Gasteiger partial charge in [-0.15, -0.1) is 0 Å². The van der Waals surface area contributed by atoms with E-state index in [9.17, 15) is 9.59 Å². The van der Waals surface area contributed by atoms with Crippen LogP contribution in [0.25, 0.3) is 10.8 Å². The zero-order valence-electron chi connectivity index (χ0n) is 13.7. The second-order valence-corrected chi connectivity index (χ2v) is 6.02. The predicted molar refractivity (Wildman–Crippen MR) is 90.9 cm³/mol. The van der Waals surface area contributed by atoms with Gasteiger partial charge in [0.15, 0.2) is 0 Å². The Morgan fingerprint density at radius 2 is 2.04 bits per heavy atom. The molecule has 0 saturated carbocycles. The maximum atomic E-state index is 12.2. The van der Waals surface area contributed by atoms with Crippen molar-refractivity contribution in [1.29, 1.82) is 0 Å². The molecule has 128 valence electrons. The van der Waals surface area contributed by atoms with E-state index in [0.29, 0.717) is 17.6 Å². The molecule has 2 aromatic rings. The van der Waals surface area contributed by atoms with Gasteiger partial charge in [-0.25, -0.2) is 5.10 Å². The van der Waals surface area contributed by atoms with Crippen LogP contribution in [-0.2, 0) is 16.0 Å². The quantitative estimate of drug-likeness (QED) is 0.823. The summed E-state index contributed by atoms with van der Waals surface area (Å²) < 4.78 is 5.34. The highest BCUT2D eigenvalue weighted by atomic mass is 16.5. The molecule has 1 aromatic carbocycles. The number of ether oxygens (including phenoxy) is 1. The van der Waals surface area contributed by atoms with Gasteiger partial charge in [-0.2, -0.15) is 5.10 Å². The van der Waals surface area contributed by atoms with Gasteiger partial charge in [0.1, 0.15) is 0 Å². The Balaban J connectivity index is 1.61. The fraction of sp³-hybridized carbons (Fsp3) is 0.471. The van der Waals surface area contributed by atoms with Crippen LogP contribution >= 0.6 is 0 Å². The second-order valence-electron chi connectivity index (χ2n) is 6.02. The number of morpholine rings is 1. The van der Waals surface area contributed by atoms with E-state index in [1.54, 1.807) is 12.1 Å². The molecular formula is C17H22N4O3. The number of nitrogens with zero attached hydrogens (tertiary/aromatic N) is 2. The SMILES string of the molecule is C[C@@H](CNC(=O)Cc1n[nH]c(=O)c2ccccc12)N1CCOCC1. The van der Waals surface area contributed by atoms with Crippen molar-refractivity contribution in [2.75, 3.05) is 32.8 Å². The van der Waals surface area contributed by atoms with Crippen molar-refractivity contribution in [2.24, 2.45) is 0 Å². The molecule has 0 aliphatic carbocycles. The van der Waals surface area contributed by atoms with Crippen LogP contribution in [0.5, 0.6) is 0 Å². The number of H-pyrrole nitrogens is 1. The number of aromatic nitrogens is 2. The number of nitrogens with one attached hydrogen (secondary N) is 2. The zero-order chi connectivity index (χ0) is 16.9. The van der Waals surface area contributed by atoms with E-state index >= 15 is 0 Å². The molecule has 1 saturated heterocycles. The Bertz CT molecular complexity index is 768. The van der Waals surface area contributed by atoms with Gasteiger partial charge >= 0.3 is 0 Å². The summed E-state index contributed by atoms with van der Waals surface area (Å²) in [6, 6.07) is 7.45. The number of aromatic amines is 1. The summed E-state index contributed by atoms with van der Waals surface area (Å²) in [5.41, 5.74) is 0.345. The van der Waals surface area contributed by atoms with Crippen molar-refractivity contribution < 1.29 is 9.53 Å². The smallest absolute Gasteiger partial charge is 0.272 e.